The van der Waals surface area contributed by atoms with Gasteiger partial charge in [-0.15, -0.1) is 10.2 Å². The second kappa shape index (κ2) is 15.6. The van der Waals surface area contributed by atoms with Crippen LogP contribution in [0.3, 0.4) is 0 Å². The molecule has 7 N–H and O–H groups in total. The Morgan fingerprint density at radius 1 is 0.855 bits per heavy atom. The molecule has 0 saturated heterocycles. The Morgan fingerprint density at radius 2 is 1.58 bits per heavy atom. The fourth-order valence-corrected chi connectivity index (χ4v) is 7.82. The second-order valence-corrected chi connectivity index (χ2v) is 17.4. The number of sulfone groups is 1. The van der Waals surface area contributed by atoms with Crippen LogP contribution in [0.2, 0.25) is 5.28 Å². The lowest BCUT2D eigenvalue weighted by Crippen LogP contribution is -2.21. The highest BCUT2D eigenvalue weighted by Gasteiger charge is 2.22. The van der Waals surface area contributed by atoms with Crippen molar-refractivity contribution in [1.82, 2.24) is 15.0 Å². The van der Waals surface area contributed by atoms with E-state index in [1.165, 1.54) is 47.4 Å². The van der Waals surface area contributed by atoms with Crippen molar-refractivity contribution in [2.24, 2.45) is 10.2 Å². The molecule has 0 unspecified atom stereocenters. The molecule has 26 heteroatoms. The van der Waals surface area contributed by atoms with Gasteiger partial charge in [-0.3, -0.25) is 13.7 Å². The number of benzene rings is 4. The molecule has 0 amide bonds. The van der Waals surface area contributed by atoms with Crippen molar-refractivity contribution in [1.29, 1.82) is 0 Å². The number of halogens is 1. The average Bonchev–Trinajstić information content (AvgIpc) is 3.07. The van der Waals surface area contributed by atoms with Crippen molar-refractivity contribution < 1.29 is 56.6 Å². The molecule has 0 radical (unpaired) electrons. The Kier molecular flexibility index (Phi) is 11.6. The molecule has 0 atom stereocenters. The number of rotatable bonds is 14. The largest absolute Gasteiger partial charge is 0.507 e. The highest BCUT2D eigenvalue weighted by molar-refractivity contribution is 7.91. The van der Waals surface area contributed by atoms with Crippen LogP contribution in [0.5, 0.6) is 5.75 Å². The van der Waals surface area contributed by atoms with Gasteiger partial charge >= 0.3 is 10.4 Å². The fraction of sp³-hybridized carbons (Fsp3) is 0.138. The van der Waals surface area contributed by atoms with E-state index >= 15 is 0 Å². The molecule has 292 valence electrons. The molecule has 0 saturated carbocycles. The summed E-state index contributed by atoms with van der Waals surface area (Å²) in [6.45, 7) is 1.00. The molecule has 0 spiro atoms. The van der Waals surface area contributed by atoms with Crippen LogP contribution in [0.25, 0.3) is 10.8 Å². The van der Waals surface area contributed by atoms with E-state index in [1.807, 2.05) is 0 Å². The average molecular weight is 859 g/mol. The van der Waals surface area contributed by atoms with Crippen LogP contribution < -0.4 is 16.0 Å². The van der Waals surface area contributed by atoms with E-state index in [0.717, 1.165) is 24.3 Å². The monoisotopic (exact) mass is 858 g/mol. The van der Waals surface area contributed by atoms with Crippen molar-refractivity contribution in [3.8, 4) is 5.75 Å². The Morgan fingerprint density at radius 3 is 2.24 bits per heavy atom. The molecule has 0 bridgehead atoms. The highest BCUT2D eigenvalue weighted by Crippen LogP contribution is 2.41. The Balaban J connectivity index is 1.46. The molecule has 55 heavy (non-hydrogen) atoms. The summed E-state index contributed by atoms with van der Waals surface area (Å²) in [5.74, 6) is -1.73. The zero-order valence-corrected chi connectivity index (χ0v) is 31.7. The van der Waals surface area contributed by atoms with Crippen LogP contribution in [-0.2, 0) is 44.7 Å². The SMILES string of the molecule is CCN(c1cccc(S(=O)(=O)CCOS(=O)(=O)O)c1)c1nc(Cl)nc(Nc2ccc(N=Nc3c(N)ccc4cc(S(=O)(=O)O)cc(O)c34)c(S(=O)(=O)O)c2)n1. The molecule has 0 fully saturated rings. The summed E-state index contributed by atoms with van der Waals surface area (Å²) in [7, 11) is -18.6. The Labute approximate surface area is 317 Å². The predicted molar refractivity (Wildman–Crippen MR) is 197 cm³/mol. The Hall–Kier alpha value is -5.12. The number of aromatic nitrogens is 3. The standard InChI is InChI=1S/C29H27ClN8O13S4/c1-2-38(18-4-3-5-19(14-18)52(40,41)11-10-51-55(48,49)50)29-34-27(30)33-28(35-29)32-17-7-9-22(24(13-17)54(45,46)47)36-37-26-21(31)8-6-16-12-20(53(42,43)44)15-23(39)25(16)26/h3-9,12-15,39H,2,10-11,31H2,1H3,(H,42,43,44)(H,45,46,47)(H,48,49,50)(H,32,33,34,35). The molecule has 1 aromatic heterocycles. The number of hydrogen-bond donors (Lipinski definition) is 6. The van der Waals surface area contributed by atoms with E-state index < -0.39 is 74.1 Å². The number of hydrogen-bond acceptors (Lipinski definition) is 18. The molecule has 5 aromatic rings. The van der Waals surface area contributed by atoms with Crippen LogP contribution in [0.4, 0.5) is 40.3 Å². The number of nitrogens with two attached hydrogens (primary N) is 1. The lowest BCUT2D eigenvalue weighted by atomic mass is 10.1. The normalized spacial score (nSPS) is 12.7. The summed E-state index contributed by atoms with van der Waals surface area (Å²) in [5.41, 5.74) is 5.63. The van der Waals surface area contributed by atoms with E-state index in [-0.39, 0.29) is 62.1 Å². The number of nitrogens with one attached hydrogen (secondary N) is 1. The van der Waals surface area contributed by atoms with Crippen LogP contribution in [0.15, 0.2) is 91.6 Å². The van der Waals surface area contributed by atoms with Crippen molar-refractivity contribution >= 4 is 103 Å². The summed E-state index contributed by atoms with van der Waals surface area (Å²) in [6.07, 6.45) is 0. The van der Waals surface area contributed by atoms with Gasteiger partial charge in [-0.05, 0) is 72.4 Å². The number of fused-ring (bicyclic) bond motifs is 1. The maximum absolute atomic E-state index is 12.8. The molecular weight excluding hydrogens is 832 g/mol. The van der Waals surface area contributed by atoms with Crippen LogP contribution in [0.1, 0.15) is 6.92 Å². The van der Waals surface area contributed by atoms with Crippen molar-refractivity contribution in [2.75, 3.05) is 34.9 Å². The molecule has 4 aromatic carbocycles. The van der Waals surface area contributed by atoms with Gasteiger partial charge in [0, 0.05) is 24.0 Å². The minimum Gasteiger partial charge on any atom is -0.507 e. The summed E-state index contributed by atoms with van der Waals surface area (Å²) in [4.78, 5) is 12.2. The maximum atomic E-state index is 12.8. The zero-order chi connectivity index (χ0) is 40.5. The number of nitrogens with zero attached hydrogens (tertiary/aromatic N) is 6. The van der Waals surface area contributed by atoms with Gasteiger partial charge in [0.25, 0.3) is 20.2 Å². The fourth-order valence-electron chi connectivity index (χ4n) is 4.95. The van der Waals surface area contributed by atoms with Gasteiger partial charge in [0.05, 0.1) is 33.2 Å². The summed E-state index contributed by atoms with van der Waals surface area (Å²) in [6, 6.07) is 13.3. The third-order valence-electron chi connectivity index (χ3n) is 7.35. The summed E-state index contributed by atoms with van der Waals surface area (Å²) in [5, 5.41) is 20.9. The van der Waals surface area contributed by atoms with E-state index in [1.54, 1.807) is 6.92 Å². The van der Waals surface area contributed by atoms with Gasteiger partial charge in [-0.25, -0.2) is 12.6 Å². The van der Waals surface area contributed by atoms with Gasteiger partial charge in [-0.1, -0.05) is 12.1 Å². The molecule has 21 nitrogen and oxygen atoms in total. The third-order valence-corrected chi connectivity index (χ3v) is 11.4. The molecule has 0 aliphatic carbocycles. The van der Waals surface area contributed by atoms with Crippen molar-refractivity contribution in [3.05, 3.63) is 72.0 Å². The van der Waals surface area contributed by atoms with Gasteiger partial charge in [0.2, 0.25) is 17.2 Å². The van der Waals surface area contributed by atoms with E-state index in [0.29, 0.717) is 0 Å². The van der Waals surface area contributed by atoms with Crippen molar-refractivity contribution in [3.63, 3.8) is 0 Å². The van der Waals surface area contributed by atoms with Gasteiger partial charge in [0.15, 0.2) is 9.84 Å². The quantitative estimate of drug-likeness (QED) is 0.0513. The van der Waals surface area contributed by atoms with Gasteiger partial charge < -0.3 is 21.1 Å². The zero-order valence-electron chi connectivity index (χ0n) is 27.7. The van der Waals surface area contributed by atoms with Gasteiger partial charge in [0.1, 0.15) is 22.0 Å². The molecule has 5 rings (SSSR count). The first kappa shape index (κ1) is 41.1. The minimum atomic E-state index is -4.99. The lowest BCUT2D eigenvalue weighted by Gasteiger charge is -2.22. The van der Waals surface area contributed by atoms with Crippen LogP contribution >= 0.6 is 11.6 Å². The molecule has 0 aliphatic heterocycles. The topological polar surface area (TPSA) is 331 Å². The first-order chi connectivity index (χ1) is 25.6. The van der Waals surface area contributed by atoms with E-state index in [9.17, 15) is 47.9 Å². The van der Waals surface area contributed by atoms with E-state index in [2.05, 4.69) is 34.7 Å². The van der Waals surface area contributed by atoms with Gasteiger partial charge in [-0.2, -0.15) is 40.2 Å². The van der Waals surface area contributed by atoms with Crippen molar-refractivity contribution in [2.45, 2.75) is 21.6 Å². The number of phenolic OH excluding ortho intramolecular Hbond substituents is 1. The highest BCUT2D eigenvalue weighted by atomic mass is 35.5. The maximum Gasteiger partial charge on any atom is 0.397 e. The predicted octanol–water partition coefficient (Wildman–Crippen LogP) is 4.37. The number of azo groups is 1. The first-order valence-corrected chi connectivity index (χ1v) is 21.3. The van der Waals surface area contributed by atoms with Crippen LogP contribution in [0, 0.1) is 0 Å². The number of phenols is 1. The summed E-state index contributed by atoms with van der Waals surface area (Å²) < 4.78 is 128. The molecule has 1 heterocycles. The number of anilines is 5. The third kappa shape index (κ3) is 9.96. The number of nitrogen functional groups attached to an aromatic ring is 1. The number of aromatic hydroxyl groups is 1. The Bertz CT molecular complexity index is 2810. The molecular formula is C29H27ClN8O13S4. The molecule has 0 aliphatic rings. The minimum absolute atomic E-state index is 0.0110. The van der Waals surface area contributed by atoms with E-state index in [4.69, 9.17) is 21.9 Å². The second-order valence-electron chi connectivity index (χ2n) is 11.0. The smallest absolute Gasteiger partial charge is 0.397 e. The summed E-state index contributed by atoms with van der Waals surface area (Å²) >= 11 is 6.19. The van der Waals surface area contributed by atoms with Crippen LogP contribution in [-0.4, -0.2) is 86.3 Å². The lowest BCUT2D eigenvalue weighted by molar-refractivity contribution is 0.284. The first-order valence-electron chi connectivity index (χ1n) is 15.0.